The summed E-state index contributed by atoms with van der Waals surface area (Å²) in [6.07, 6.45) is 0. The molecule has 1 heterocycles. The van der Waals surface area contributed by atoms with Crippen molar-refractivity contribution in [3.8, 4) is 0 Å². The first-order valence-corrected chi connectivity index (χ1v) is 9.14. The van der Waals surface area contributed by atoms with E-state index >= 15 is 0 Å². The number of aryl methyl sites for hydroxylation is 1. The molecule has 3 rings (SSSR count). The molecule has 0 bridgehead atoms. The van der Waals surface area contributed by atoms with Crippen molar-refractivity contribution in [2.24, 2.45) is 0 Å². The summed E-state index contributed by atoms with van der Waals surface area (Å²) in [6.45, 7) is 3.96. The standard InChI is InChI=1S/C19H15Cl3FN3O/c1-10-18(24-19(27)14-4-3-5-15(20)17(14)22)11(2)26(25-10)9-12-6-7-13(23)8-16(12)21/h3-8H,9H2,1-2H3,(H,24,27). The van der Waals surface area contributed by atoms with Crippen LogP contribution in [-0.2, 0) is 6.54 Å². The van der Waals surface area contributed by atoms with Gasteiger partial charge in [0.15, 0.2) is 0 Å². The third-order valence-corrected chi connectivity index (χ3v) is 5.32. The number of carbonyl (C=O) groups excluding carboxylic acids is 1. The lowest BCUT2D eigenvalue weighted by atomic mass is 10.2. The summed E-state index contributed by atoms with van der Waals surface area (Å²) in [5.74, 6) is -0.781. The number of amides is 1. The largest absolute Gasteiger partial charge is 0.319 e. The van der Waals surface area contributed by atoms with Crippen LogP contribution in [0.2, 0.25) is 15.1 Å². The molecule has 0 saturated heterocycles. The van der Waals surface area contributed by atoms with Gasteiger partial charge in [0.05, 0.1) is 39.2 Å². The second kappa shape index (κ2) is 7.89. The summed E-state index contributed by atoms with van der Waals surface area (Å²) in [6, 6.07) is 9.07. The van der Waals surface area contributed by atoms with Crippen LogP contribution < -0.4 is 5.32 Å². The third kappa shape index (κ3) is 4.10. The van der Waals surface area contributed by atoms with Gasteiger partial charge in [0.1, 0.15) is 5.82 Å². The third-order valence-electron chi connectivity index (χ3n) is 4.15. The van der Waals surface area contributed by atoms with Gasteiger partial charge in [-0.1, -0.05) is 46.9 Å². The molecule has 0 saturated carbocycles. The predicted octanol–water partition coefficient (Wildman–Crippen LogP) is 5.90. The molecular weight excluding hydrogens is 412 g/mol. The molecule has 0 spiro atoms. The van der Waals surface area contributed by atoms with E-state index in [1.54, 1.807) is 35.9 Å². The smallest absolute Gasteiger partial charge is 0.257 e. The van der Waals surface area contributed by atoms with Gasteiger partial charge in [0.2, 0.25) is 0 Å². The molecule has 0 atom stereocenters. The van der Waals surface area contributed by atoms with Crippen LogP contribution in [-0.4, -0.2) is 15.7 Å². The highest BCUT2D eigenvalue weighted by Gasteiger charge is 2.18. The molecule has 8 heteroatoms. The number of carbonyl (C=O) groups is 1. The molecule has 4 nitrogen and oxygen atoms in total. The van der Waals surface area contributed by atoms with Crippen LogP contribution in [0.3, 0.4) is 0 Å². The van der Waals surface area contributed by atoms with Crippen molar-refractivity contribution < 1.29 is 9.18 Å². The van der Waals surface area contributed by atoms with Crippen molar-refractivity contribution in [3.05, 3.63) is 79.8 Å². The summed E-state index contributed by atoms with van der Waals surface area (Å²) in [7, 11) is 0. The maximum atomic E-state index is 13.2. The number of nitrogens with one attached hydrogen (secondary N) is 1. The fourth-order valence-corrected chi connectivity index (χ4v) is 3.32. The van der Waals surface area contributed by atoms with Crippen LogP contribution in [0.4, 0.5) is 10.1 Å². The molecule has 0 radical (unpaired) electrons. The Kier molecular flexibility index (Phi) is 5.75. The quantitative estimate of drug-likeness (QED) is 0.564. The lowest BCUT2D eigenvalue weighted by molar-refractivity contribution is 0.102. The number of anilines is 1. The number of rotatable bonds is 4. The van der Waals surface area contributed by atoms with E-state index in [1.165, 1.54) is 12.1 Å². The number of hydrogen-bond acceptors (Lipinski definition) is 2. The Bertz CT molecular complexity index is 1030. The minimum atomic E-state index is -0.400. The number of nitrogens with zero attached hydrogens (tertiary/aromatic N) is 2. The second-order valence-corrected chi connectivity index (χ2v) is 7.19. The van der Waals surface area contributed by atoms with Crippen molar-refractivity contribution in [2.75, 3.05) is 5.32 Å². The summed E-state index contributed by atoms with van der Waals surface area (Å²) in [4.78, 5) is 12.6. The van der Waals surface area contributed by atoms with Crippen molar-refractivity contribution in [1.29, 1.82) is 0 Å². The zero-order chi connectivity index (χ0) is 19.7. The molecule has 27 heavy (non-hydrogen) atoms. The van der Waals surface area contributed by atoms with Crippen molar-refractivity contribution in [2.45, 2.75) is 20.4 Å². The zero-order valence-corrected chi connectivity index (χ0v) is 16.8. The van der Waals surface area contributed by atoms with E-state index in [0.29, 0.717) is 28.0 Å². The average Bonchev–Trinajstić information content (AvgIpc) is 2.87. The van der Waals surface area contributed by atoms with E-state index in [-0.39, 0.29) is 16.5 Å². The SMILES string of the molecule is Cc1nn(Cc2ccc(F)cc2Cl)c(C)c1NC(=O)c1cccc(Cl)c1Cl. The Balaban J connectivity index is 1.87. The van der Waals surface area contributed by atoms with Crippen LogP contribution in [0.25, 0.3) is 0 Å². The van der Waals surface area contributed by atoms with Crippen LogP contribution in [0.5, 0.6) is 0 Å². The predicted molar refractivity (Wildman–Crippen MR) is 107 cm³/mol. The second-order valence-electron chi connectivity index (χ2n) is 5.99. The summed E-state index contributed by atoms with van der Waals surface area (Å²) in [5, 5.41) is 8.10. The summed E-state index contributed by atoms with van der Waals surface area (Å²) < 4.78 is 14.9. The average molecular weight is 427 g/mol. The molecule has 0 aliphatic rings. The molecule has 140 valence electrons. The maximum absolute atomic E-state index is 13.2. The summed E-state index contributed by atoms with van der Waals surface area (Å²) in [5.41, 5.74) is 2.95. The minimum Gasteiger partial charge on any atom is -0.319 e. The first-order valence-electron chi connectivity index (χ1n) is 8.01. The molecule has 2 aromatic carbocycles. The van der Waals surface area contributed by atoms with Gasteiger partial charge in [-0.05, 0) is 43.7 Å². The van der Waals surface area contributed by atoms with Gasteiger partial charge in [0, 0.05) is 5.02 Å². The van der Waals surface area contributed by atoms with Crippen molar-refractivity contribution in [1.82, 2.24) is 9.78 Å². The molecule has 3 aromatic rings. The monoisotopic (exact) mass is 425 g/mol. The highest BCUT2D eigenvalue weighted by Crippen LogP contribution is 2.28. The van der Waals surface area contributed by atoms with Gasteiger partial charge in [-0.3, -0.25) is 9.48 Å². The van der Waals surface area contributed by atoms with Gasteiger partial charge in [-0.15, -0.1) is 0 Å². The number of halogens is 4. The molecular formula is C19H15Cl3FN3O. The Hall–Kier alpha value is -2.08. The Morgan fingerprint density at radius 3 is 2.59 bits per heavy atom. The lowest BCUT2D eigenvalue weighted by Gasteiger charge is -2.09. The number of benzene rings is 2. The van der Waals surface area contributed by atoms with Crippen LogP contribution in [0, 0.1) is 19.7 Å². The van der Waals surface area contributed by atoms with Crippen molar-refractivity contribution >= 4 is 46.4 Å². The molecule has 0 aliphatic heterocycles. The van der Waals surface area contributed by atoms with Gasteiger partial charge in [0.25, 0.3) is 5.91 Å². The molecule has 0 aliphatic carbocycles. The number of hydrogen-bond donors (Lipinski definition) is 1. The highest BCUT2D eigenvalue weighted by molar-refractivity contribution is 6.44. The Labute approximate surface area is 170 Å². The summed E-state index contributed by atoms with van der Waals surface area (Å²) >= 11 is 18.2. The van der Waals surface area contributed by atoms with E-state index in [0.717, 1.165) is 11.3 Å². The Morgan fingerprint density at radius 1 is 1.15 bits per heavy atom. The molecule has 0 fully saturated rings. The fraction of sp³-hybridized carbons (Fsp3) is 0.158. The Morgan fingerprint density at radius 2 is 1.89 bits per heavy atom. The van der Waals surface area contributed by atoms with Gasteiger partial charge in [-0.2, -0.15) is 5.10 Å². The van der Waals surface area contributed by atoms with Crippen LogP contribution in [0.15, 0.2) is 36.4 Å². The van der Waals surface area contributed by atoms with Gasteiger partial charge >= 0.3 is 0 Å². The molecule has 1 amide bonds. The molecule has 1 N–H and O–H groups in total. The van der Waals surface area contributed by atoms with Gasteiger partial charge in [-0.25, -0.2) is 4.39 Å². The topological polar surface area (TPSA) is 46.9 Å². The number of aromatic nitrogens is 2. The van der Waals surface area contributed by atoms with Crippen LogP contribution >= 0.6 is 34.8 Å². The van der Waals surface area contributed by atoms with E-state index in [1.807, 2.05) is 6.92 Å². The van der Waals surface area contributed by atoms with Crippen LogP contribution in [0.1, 0.15) is 27.3 Å². The highest BCUT2D eigenvalue weighted by atomic mass is 35.5. The van der Waals surface area contributed by atoms with E-state index in [2.05, 4.69) is 10.4 Å². The molecule has 0 unspecified atom stereocenters. The first-order chi connectivity index (χ1) is 12.8. The van der Waals surface area contributed by atoms with Gasteiger partial charge < -0.3 is 5.32 Å². The normalized spacial score (nSPS) is 10.9. The first kappa shape index (κ1) is 19.7. The van der Waals surface area contributed by atoms with Crippen molar-refractivity contribution in [3.63, 3.8) is 0 Å². The minimum absolute atomic E-state index is 0.192. The van der Waals surface area contributed by atoms with E-state index in [9.17, 15) is 9.18 Å². The zero-order valence-electron chi connectivity index (χ0n) is 14.5. The van der Waals surface area contributed by atoms with E-state index in [4.69, 9.17) is 34.8 Å². The lowest BCUT2D eigenvalue weighted by Crippen LogP contribution is -2.14. The maximum Gasteiger partial charge on any atom is 0.257 e. The van der Waals surface area contributed by atoms with E-state index < -0.39 is 5.82 Å². The fourth-order valence-electron chi connectivity index (χ4n) is 2.70. The molecule has 1 aromatic heterocycles.